The van der Waals surface area contributed by atoms with Crippen molar-refractivity contribution in [2.75, 3.05) is 5.32 Å². The molecule has 0 saturated carbocycles. The van der Waals surface area contributed by atoms with Gasteiger partial charge in [0.05, 0.1) is 16.8 Å². The van der Waals surface area contributed by atoms with E-state index < -0.39 is 6.10 Å². The third kappa shape index (κ3) is 3.00. The summed E-state index contributed by atoms with van der Waals surface area (Å²) >= 11 is 1.37. The molecule has 1 amide bonds. The lowest BCUT2D eigenvalue weighted by Crippen LogP contribution is -2.13. The molecule has 0 radical (unpaired) electrons. The van der Waals surface area contributed by atoms with Crippen LogP contribution in [0.4, 0.5) is 5.69 Å². The monoisotopic (exact) mass is 276 g/mol. The molecule has 1 aromatic carbocycles. The van der Waals surface area contributed by atoms with Crippen LogP contribution in [0.3, 0.4) is 0 Å². The van der Waals surface area contributed by atoms with Crippen molar-refractivity contribution in [1.82, 2.24) is 4.98 Å². The van der Waals surface area contributed by atoms with Crippen LogP contribution in [0.5, 0.6) is 0 Å². The second-order valence-electron chi connectivity index (χ2n) is 4.36. The summed E-state index contributed by atoms with van der Waals surface area (Å²) in [6.07, 6.45) is -0.624. The Bertz CT molecular complexity index is 605. The van der Waals surface area contributed by atoms with E-state index in [0.29, 0.717) is 16.1 Å². The number of aliphatic hydroxyl groups excluding tert-OH is 1. The van der Waals surface area contributed by atoms with Crippen molar-refractivity contribution in [2.45, 2.75) is 26.9 Å². The predicted molar refractivity (Wildman–Crippen MR) is 76.6 cm³/mol. The Morgan fingerprint density at radius 1 is 1.37 bits per heavy atom. The van der Waals surface area contributed by atoms with Crippen molar-refractivity contribution in [2.24, 2.45) is 0 Å². The number of anilines is 1. The van der Waals surface area contributed by atoms with Gasteiger partial charge < -0.3 is 10.4 Å². The molecule has 2 N–H and O–H groups in total. The molecule has 0 aliphatic carbocycles. The van der Waals surface area contributed by atoms with Crippen molar-refractivity contribution in [3.63, 3.8) is 0 Å². The van der Waals surface area contributed by atoms with Crippen molar-refractivity contribution in [1.29, 1.82) is 0 Å². The summed E-state index contributed by atoms with van der Waals surface area (Å²) in [4.78, 5) is 17.0. The van der Waals surface area contributed by atoms with Crippen LogP contribution in [-0.2, 0) is 0 Å². The van der Waals surface area contributed by atoms with E-state index in [4.69, 9.17) is 0 Å². The number of rotatable bonds is 3. The van der Waals surface area contributed by atoms with Gasteiger partial charge in [-0.3, -0.25) is 4.79 Å². The standard InChI is InChI=1S/C14H16N2O2S/c1-8-13(19-10(3)15-8)14(18)16-12-7-5-4-6-11(12)9(2)17/h4-7,9,17H,1-3H3,(H,16,18). The topological polar surface area (TPSA) is 62.2 Å². The second kappa shape index (κ2) is 5.50. The van der Waals surface area contributed by atoms with Crippen LogP contribution in [0.1, 0.15) is 39.0 Å². The number of carbonyl (C=O) groups excluding carboxylic acids is 1. The Morgan fingerprint density at radius 3 is 2.63 bits per heavy atom. The molecule has 0 aliphatic rings. The summed E-state index contributed by atoms with van der Waals surface area (Å²) < 4.78 is 0. The molecule has 0 bridgehead atoms. The molecule has 1 unspecified atom stereocenters. The normalized spacial score (nSPS) is 12.2. The van der Waals surface area contributed by atoms with Crippen LogP contribution < -0.4 is 5.32 Å². The lowest BCUT2D eigenvalue weighted by Gasteiger charge is -2.12. The highest BCUT2D eigenvalue weighted by atomic mass is 32.1. The number of hydrogen-bond acceptors (Lipinski definition) is 4. The van der Waals surface area contributed by atoms with Gasteiger partial charge >= 0.3 is 0 Å². The summed E-state index contributed by atoms with van der Waals surface area (Å²) in [7, 11) is 0. The van der Waals surface area contributed by atoms with E-state index in [1.54, 1.807) is 19.1 Å². The van der Waals surface area contributed by atoms with E-state index in [0.717, 1.165) is 10.7 Å². The van der Waals surface area contributed by atoms with Crippen molar-refractivity contribution in [3.05, 3.63) is 45.4 Å². The van der Waals surface area contributed by atoms with Crippen LogP contribution in [0.25, 0.3) is 0 Å². The van der Waals surface area contributed by atoms with E-state index in [1.807, 2.05) is 26.0 Å². The van der Waals surface area contributed by atoms with Crippen LogP contribution in [-0.4, -0.2) is 16.0 Å². The molecular weight excluding hydrogens is 260 g/mol. The number of carbonyl (C=O) groups is 1. The molecule has 1 heterocycles. The van der Waals surface area contributed by atoms with Gasteiger partial charge in [-0.05, 0) is 26.8 Å². The molecule has 19 heavy (non-hydrogen) atoms. The summed E-state index contributed by atoms with van der Waals surface area (Å²) in [5.41, 5.74) is 2.07. The maximum Gasteiger partial charge on any atom is 0.267 e. The fourth-order valence-corrected chi connectivity index (χ4v) is 2.71. The number of para-hydroxylation sites is 1. The smallest absolute Gasteiger partial charge is 0.267 e. The Balaban J connectivity index is 2.27. The zero-order valence-corrected chi connectivity index (χ0v) is 11.9. The highest BCUT2D eigenvalue weighted by Crippen LogP contribution is 2.24. The number of aryl methyl sites for hydroxylation is 2. The maximum absolute atomic E-state index is 12.2. The molecule has 1 atom stereocenters. The quantitative estimate of drug-likeness (QED) is 0.905. The summed E-state index contributed by atoms with van der Waals surface area (Å²) in [6.45, 7) is 5.37. The first-order valence-corrected chi connectivity index (χ1v) is 6.83. The minimum atomic E-state index is -0.624. The van der Waals surface area contributed by atoms with E-state index in [2.05, 4.69) is 10.3 Å². The number of amides is 1. The highest BCUT2D eigenvalue weighted by Gasteiger charge is 2.16. The van der Waals surface area contributed by atoms with Crippen molar-refractivity contribution < 1.29 is 9.90 Å². The lowest BCUT2D eigenvalue weighted by atomic mass is 10.1. The van der Waals surface area contributed by atoms with Gasteiger partial charge in [0.15, 0.2) is 0 Å². The predicted octanol–water partition coefficient (Wildman–Crippen LogP) is 3.07. The third-order valence-corrected chi connectivity index (χ3v) is 3.84. The second-order valence-corrected chi connectivity index (χ2v) is 5.57. The first kappa shape index (κ1) is 13.7. The number of nitrogens with one attached hydrogen (secondary N) is 1. The lowest BCUT2D eigenvalue weighted by molar-refractivity contribution is 0.102. The van der Waals surface area contributed by atoms with E-state index in [1.165, 1.54) is 11.3 Å². The van der Waals surface area contributed by atoms with E-state index in [-0.39, 0.29) is 5.91 Å². The Morgan fingerprint density at radius 2 is 2.05 bits per heavy atom. The number of aliphatic hydroxyl groups is 1. The van der Waals surface area contributed by atoms with Crippen molar-refractivity contribution in [3.8, 4) is 0 Å². The number of hydrogen-bond donors (Lipinski definition) is 2. The zero-order valence-electron chi connectivity index (χ0n) is 11.1. The SMILES string of the molecule is Cc1nc(C)c(C(=O)Nc2ccccc2C(C)O)s1. The molecule has 0 saturated heterocycles. The fourth-order valence-electron chi connectivity index (χ4n) is 1.90. The molecule has 100 valence electrons. The van der Waals surface area contributed by atoms with E-state index in [9.17, 15) is 9.90 Å². The molecule has 0 fully saturated rings. The number of nitrogens with zero attached hydrogens (tertiary/aromatic N) is 1. The minimum Gasteiger partial charge on any atom is -0.389 e. The molecule has 2 rings (SSSR count). The average molecular weight is 276 g/mol. The van der Waals surface area contributed by atoms with Gasteiger partial charge in [-0.1, -0.05) is 18.2 Å². The minimum absolute atomic E-state index is 0.184. The van der Waals surface area contributed by atoms with Gasteiger partial charge in [-0.15, -0.1) is 11.3 Å². The van der Waals surface area contributed by atoms with Crippen LogP contribution in [0, 0.1) is 13.8 Å². The summed E-state index contributed by atoms with van der Waals surface area (Å²) in [6, 6.07) is 7.24. The summed E-state index contributed by atoms with van der Waals surface area (Å²) in [5, 5.41) is 13.4. The molecule has 4 nitrogen and oxygen atoms in total. The first-order valence-electron chi connectivity index (χ1n) is 6.01. The molecule has 5 heteroatoms. The van der Waals surface area contributed by atoms with E-state index >= 15 is 0 Å². The van der Waals surface area contributed by atoms with Gasteiger partial charge in [0, 0.05) is 11.3 Å². The Hall–Kier alpha value is -1.72. The molecule has 1 aromatic heterocycles. The Kier molecular flexibility index (Phi) is 3.97. The van der Waals surface area contributed by atoms with Gasteiger partial charge in [-0.25, -0.2) is 4.98 Å². The van der Waals surface area contributed by atoms with Gasteiger partial charge in [-0.2, -0.15) is 0 Å². The molecular formula is C14H16N2O2S. The van der Waals surface area contributed by atoms with Gasteiger partial charge in [0.1, 0.15) is 4.88 Å². The number of aromatic nitrogens is 1. The summed E-state index contributed by atoms with van der Waals surface area (Å²) in [5.74, 6) is -0.184. The average Bonchev–Trinajstić information content (AvgIpc) is 2.69. The van der Waals surface area contributed by atoms with Crippen molar-refractivity contribution >= 4 is 22.9 Å². The third-order valence-electron chi connectivity index (χ3n) is 2.77. The number of thiazole rings is 1. The zero-order chi connectivity index (χ0) is 14.0. The van der Waals surface area contributed by atoms with Crippen LogP contribution in [0.15, 0.2) is 24.3 Å². The molecule has 0 aliphatic heterocycles. The molecule has 2 aromatic rings. The van der Waals surface area contributed by atoms with Gasteiger partial charge in [0.25, 0.3) is 5.91 Å². The highest BCUT2D eigenvalue weighted by molar-refractivity contribution is 7.13. The largest absolute Gasteiger partial charge is 0.389 e. The van der Waals surface area contributed by atoms with Crippen LogP contribution in [0.2, 0.25) is 0 Å². The maximum atomic E-state index is 12.2. The fraction of sp³-hybridized carbons (Fsp3) is 0.286. The molecule has 0 spiro atoms. The Labute approximate surface area is 116 Å². The van der Waals surface area contributed by atoms with Crippen LogP contribution >= 0.6 is 11.3 Å². The first-order chi connectivity index (χ1) is 8.99. The van der Waals surface area contributed by atoms with Gasteiger partial charge in [0.2, 0.25) is 0 Å². The number of benzene rings is 1.